The molecule has 4 heteroatoms. The van der Waals surface area contributed by atoms with Gasteiger partial charge in [-0.2, -0.15) is 0 Å². The quantitative estimate of drug-likeness (QED) is 0.767. The van der Waals surface area contributed by atoms with Crippen LogP contribution in [-0.2, 0) is 4.79 Å². The number of hydrogen-bond donors (Lipinski definition) is 2. The van der Waals surface area contributed by atoms with Crippen LogP contribution in [-0.4, -0.2) is 42.0 Å². The van der Waals surface area contributed by atoms with Crippen LogP contribution in [0, 0.1) is 11.8 Å². The van der Waals surface area contributed by atoms with E-state index >= 15 is 0 Å². The first-order valence-corrected chi connectivity index (χ1v) is 7.19. The van der Waals surface area contributed by atoms with Crippen molar-refractivity contribution in [2.75, 3.05) is 19.6 Å². The van der Waals surface area contributed by atoms with E-state index in [-0.39, 0.29) is 5.91 Å². The summed E-state index contributed by atoms with van der Waals surface area (Å²) in [6, 6.07) is 0.502. The number of amides is 1. The lowest BCUT2D eigenvalue weighted by Crippen LogP contribution is -2.61. The van der Waals surface area contributed by atoms with Crippen LogP contribution in [0.3, 0.4) is 0 Å². The van der Waals surface area contributed by atoms with Crippen molar-refractivity contribution in [3.8, 4) is 0 Å². The summed E-state index contributed by atoms with van der Waals surface area (Å²) in [5.74, 6) is 1.21. The number of rotatable bonds is 5. The fourth-order valence-corrected chi connectivity index (χ4v) is 3.24. The van der Waals surface area contributed by atoms with Gasteiger partial charge in [-0.1, -0.05) is 13.8 Å². The number of hydrogen-bond acceptors (Lipinski definition) is 3. The van der Waals surface area contributed by atoms with Crippen LogP contribution in [0.15, 0.2) is 0 Å². The SMILES string of the molecule is CC1CC(C)CN(CC(C)(NC2CC2)C(N)=O)C1. The van der Waals surface area contributed by atoms with E-state index in [2.05, 4.69) is 24.1 Å². The smallest absolute Gasteiger partial charge is 0.238 e. The molecular formula is C14H27N3O. The summed E-state index contributed by atoms with van der Waals surface area (Å²) >= 11 is 0. The van der Waals surface area contributed by atoms with Gasteiger partial charge in [-0.05, 0) is 38.0 Å². The van der Waals surface area contributed by atoms with Crippen molar-refractivity contribution in [2.45, 2.75) is 51.6 Å². The Morgan fingerprint density at radius 1 is 1.33 bits per heavy atom. The Kier molecular flexibility index (Phi) is 3.97. The van der Waals surface area contributed by atoms with Crippen LogP contribution < -0.4 is 11.1 Å². The van der Waals surface area contributed by atoms with E-state index in [4.69, 9.17) is 5.73 Å². The zero-order chi connectivity index (χ0) is 13.3. The minimum absolute atomic E-state index is 0.222. The molecule has 1 aliphatic carbocycles. The zero-order valence-electron chi connectivity index (χ0n) is 11.9. The van der Waals surface area contributed by atoms with Crippen molar-refractivity contribution >= 4 is 5.91 Å². The van der Waals surface area contributed by atoms with Crippen LogP contribution in [0.5, 0.6) is 0 Å². The second kappa shape index (κ2) is 5.17. The monoisotopic (exact) mass is 253 g/mol. The molecule has 1 saturated heterocycles. The highest BCUT2D eigenvalue weighted by molar-refractivity contribution is 5.84. The van der Waals surface area contributed by atoms with Gasteiger partial charge in [0.25, 0.3) is 0 Å². The van der Waals surface area contributed by atoms with Crippen LogP contribution >= 0.6 is 0 Å². The summed E-state index contributed by atoms with van der Waals surface area (Å²) in [5.41, 5.74) is 5.03. The number of carbonyl (C=O) groups is 1. The molecule has 0 radical (unpaired) electrons. The summed E-state index contributed by atoms with van der Waals surface area (Å²) in [5, 5.41) is 3.43. The molecule has 2 rings (SSSR count). The molecule has 1 saturated carbocycles. The van der Waals surface area contributed by atoms with Crippen molar-refractivity contribution in [3.63, 3.8) is 0 Å². The molecule has 3 atom stereocenters. The minimum atomic E-state index is -0.571. The third kappa shape index (κ3) is 3.45. The largest absolute Gasteiger partial charge is 0.368 e. The molecular weight excluding hydrogens is 226 g/mol. The lowest BCUT2D eigenvalue weighted by molar-refractivity contribution is -0.125. The maximum absolute atomic E-state index is 11.8. The fraction of sp³-hybridized carbons (Fsp3) is 0.929. The standard InChI is InChI=1S/C14H27N3O/c1-10-6-11(2)8-17(7-10)9-14(3,13(15)18)16-12-4-5-12/h10-12,16H,4-9H2,1-3H3,(H2,15,18). The number of nitrogens with one attached hydrogen (secondary N) is 1. The van der Waals surface area contributed by atoms with Gasteiger partial charge in [0.1, 0.15) is 5.54 Å². The van der Waals surface area contributed by atoms with E-state index in [9.17, 15) is 4.79 Å². The molecule has 0 spiro atoms. The third-order valence-electron chi connectivity index (χ3n) is 4.13. The summed E-state index contributed by atoms with van der Waals surface area (Å²) in [6.45, 7) is 9.45. The zero-order valence-corrected chi connectivity index (χ0v) is 11.9. The van der Waals surface area contributed by atoms with Gasteiger partial charge in [-0.25, -0.2) is 0 Å². The molecule has 18 heavy (non-hydrogen) atoms. The first kappa shape index (κ1) is 13.8. The van der Waals surface area contributed by atoms with Crippen LogP contribution in [0.25, 0.3) is 0 Å². The summed E-state index contributed by atoms with van der Waals surface area (Å²) in [7, 11) is 0. The molecule has 1 amide bonds. The third-order valence-corrected chi connectivity index (χ3v) is 4.13. The maximum atomic E-state index is 11.8. The predicted octanol–water partition coefficient (Wildman–Crippen LogP) is 0.960. The highest BCUT2D eigenvalue weighted by atomic mass is 16.1. The Labute approximate surface area is 110 Å². The van der Waals surface area contributed by atoms with Crippen molar-refractivity contribution in [1.29, 1.82) is 0 Å². The number of likely N-dealkylation sites (tertiary alicyclic amines) is 1. The molecule has 2 aliphatic rings. The highest BCUT2D eigenvalue weighted by Crippen LogP contribution is 2.25. The molecule has 0 aromatic rings. The Morgan fingerprint density at radius 3 is 2.33 bits per heavy atom. The van der Waals surface area contributed by atoms with Gasteiger partial charge in [0.05, 0.1) is 0 Å². The van der Waals surface area contributed by atoms with Gasteiger partial charge < -0.3 is 10.6 Å². The Hall–Kier alpha value is -0.610. The van der Waals surface area contributed by atoms with E-state index in [1.807, 2.05) is 6.92 Å². The fourth-order valence-electron chi connectivity index (χ4n) is 3.24. The summed E-state index contributed by atoms with van der Waals surface area (Å²) < 4.78 is 0. The van der Waals surface area contributed by atoms with E-state index in [1.165, 1.54) is 19.3 Å². The Balaban J connectivity index is 1.96. The summed E-state index contributed by atoms with van der Waals surface area (Å²) in [4.78, 5) is 14.2. The van der Waals surface area contributed by atoms with Gasteiger partial charge in [0, 0.05) is 25.7 Å². The Morgan fingerprint density at radius 2 is 1.89 bits per heavy atom. The molecule has 1 aliphatic heterocycles. The van der Waals surface area contributed by atoms with Crippen LogP contribution in [0.4, 0.5) is 0 Å². The second-order valence-corrected chi connectivity index (χ2v) is 6.76. The minimum Gasteiger partial charge on any atom is -0.368 e. The lowest BCUT2D eigenvalue weighted by Gasteiger charge is -2.40. The molecule has 0 aromatic carbocycles. The number of nitrogens with two attached hydrogens (primary N) is 1. The number of piperidine rings is 1. The van der Waals surface area contributed by atoms with Crippen molar-refractivity contribution in [1.82, 2.24) is 10.2 Å². The molecule has 4 nitrogen and oxygen atoms in total. The highest BCUT2D eigenvalue weighted by Gasteiger charge is 2.39. The number of primary amides is 1. The van der Waals surface area contributed by atoms with E-state index in [0.29, 0.717) is 17.9 Å². The summed E-state index contributed by atoms with van der Waals surface area (Å²) in [6.07, 6.45) is 3.64. The average molecular weight is 253 g/mol. The molecule has 0 aromatic heterocycles. The first-order valence-electron chi connectivity index (χ1n) is 7.19. The van der Waals surface area contributed by atoms with Gasteiger partial charge in [0.15, 0.2) is 0 Å². The lowest BCUT2D eigenvalue weighted by atomic mass is 9.90. The molecule has 104 valence electrons. The predicted molar refractivity (Wildman–Crippen MR) is 73.1 cm³/mol. The van der Waals surface area contributed by atoms with Gasteiger partial charge >= 0.3 is 0 Å². The second-order valence-electron chi connectivity index (χ2n) is 6.76. The molecule has 0 bridgehead atoms. The van der Waals surface area contributed by atoms with Crippen molar-refractivity contribution in [3.05, 3.63) is 0 Å². The van der Waals surface area contributed by atoms with E-state index < -0.39 is 5.54 Å². The van der Waals surface area contributed by atoms with Crippen molar-refractivity contribution < 1.29 is 4.79 Å². The molecule has 1 heterocycles. The van der Waals surface area contributed by atoms with Gasteiger partial charge in [0.2, 0.25) is 5.91 Å². The maximum Gasteiger partial charge on any atom is 0.238 e. The number of nitrogens with zero attached hydrogens (tertiary/aromatic N) is 1. The average Bonchev–Trinajstić information content (AvgIpc) is 2.99. The van der Waals surface area contributed by atoms with E-state index in [1.54, 1.807) is 0 Å². The van der Waals surface area contributed by atoms with Gasteiger partial charge in [-0.15, -0.1) is 0 Å². The topological polar surface area (TPSA) is 58.4 Å². The van der Waals surface area contributed by atoms with Crippen LogP contribution in [0.1, 0.15) is 40.0 Å². The Bertz CT molecular complexity index is 306. The first-order chi connectivity index (χ1) is 8.39. The molecule has 3 unspecified atom stereocenters. The van der Waals surface area contributed by atoms with Crippen LogP contribution in [0.2, 0.25) is 0 Å². The number of carbonyl (C=O) groups excluding carboxylic acids is 1. The van der Waals surface area contributed by atoms with Crippen molar-refractivity contribution in [2.24, 2.45) is 17.6 Å². The van der Waals surface area contributed by atoms with Gasteiger partial charge in [-0.3, -0.25) is 10.1 Å². The molecule has 3 N–H and O–H groups in total. The van der Waals surface area contributed by atoms with E-state index in [0.717, 1.165) is 19.6 Å². The normalized spacial score (nSPS) is 33.1. The molecule has 2 fully saturated rings.